The summed E-state index contributed by atoms with van der Waals surface area (Å²) >= 11 is 0. The van der Waals surface area contributed by atoms with E-state index in [1.54, 1.807) is 6.07 Å². The van der Waals surface area contributed by atoms with Gasteiger partial charge in [-0.2, -0.15) is 5.10 Å². The fraction of sp³-hybridized carbons (Fsp3) is 0.238. The molecule has 0 atom stereocenters. The number of fused-ring (bicyclic) bond motifs is 2. The molecule has 5 heteroatoms. The second-order valence-corrected chi connectivity index (χ2v) is 7.20. The van der Waals surface area contributed by atoms with Gasteiger partial charge < -0.3 is 10.1 Å². The Morgan fingerprint density at radius 3 is 2.69 bits per heavy atom. The maximum Gasteiger partial charge on any atom is 0.193 e. The molecule has 1 aliphatic carbocycles. The van der Waals surface area contributed by atoms with Crippen molar-refractivity contribution >= 4 is 21.8 Å². The van der Waals surface area contributed by atoms with Gasteiger partial charge in [0, 0.05) is 24.1 Å². The summed E-state index contributed by atoms with van der Waals surface area (Å²) in [6, 6.07) is 16.3. The van der Waals surface area contributed by atoms with Crippen LogP contribution in [0, 0.1) is 0 Å². The van der Waals surface area contributed by atoms with Gasteiger partial charge in [-0.3, -0.25) is 9.89 Å². The Bertz CT molecular complexity index is 1170. The first-order valence-electron chi connectivity index (χ1n) is 8.93. The van der Waals surface area contributed by atoms with Gasteiger partial charge in [-0.05, 0) is 29.2 Å². The van der Waals surface area contributed by atoms with Gasteiger partial charge in [-0.1, -0.05) is 42.5 Å². The summed E-state index contributed by atoms with van der Waals surface area (Å²) in [6.07, 6.45) is 1.77. The third kappa shape index (κ3) is 2.52. The van der Waals surface area contributed by atoms with Crippen LogP contribution in [0.25, 0.3) is 21.8 Å². The van der Waals surface area contributed by atoms with Gasteiger partial charge >= 0.3 is 0 Å². The summed E-state index contributed by atoms with van der Waals surface area (Å²) in [6.45, 7) is 0. The monoisotopic (exact) mass is 345 g/mol. The van der Waals surface area contributed by atoms with Crippen LogP contribution < -0.4 is 5.43 Å². The van der Waals surface area contributed by atoms with Crippen molar-refractivity contribution in [2.24, 2.45) is 0 Å². The van der Waals surface area contributed by atoms with Crippen molar-refractivity contribution in [2.45, 2.75) is 31.3 Å². The fourth-order valence-corrected chi connectivity index (χ4v) is 3.90. The molecule has 0 bridgehead atoms. The maximum absolute atomic E-state index is 12.7. The highest BCUT2D eigenvalue weighted by Gasteiger charge is 2.32. The highest BCUT2D eigenvalue weighted by atomic mass is 16.3. The minimum Gasteiger partial charge on any atom is -0.393 e. The number of hydrogen-bond acceptors (Lipinski definition) is 3. The highest BCUT2D eigenvalue weighted by molar-refractivity contribution is 5.83. The lowest BCUT2D eigenvalue weighted by Crippen LogP contribution is -2.27. The van der Waals surface area contributed by atoms with Crippen molar-refractivity contribution in [1.82, 2.24) is 15.2 Å². The molecule has 130 valence electrons. The molecule has 0 amide bonds. The van der Waals surface area contributed by atoms with Crippen LogP contribution in [0.15, 0.2) is 53.3 Å². The molecule has 5 rings (SSSR count). The average molecular weight is 345 g/mol. The number of H-pyrrole nitrogens is 2. The largest absolute Gasteiger partial charge is 0.393 e. The van der Waals surface area contributed by atoms with E-state index in [2.05, 4.69) is 45.5 Å². The van der Waals surface area contributed by atoms with E-state index >= 15 is 0 Å². The van der Waals surface area contributed by atoms with Gasteiger partial charge in [0.2, 0.25) is 0 Å². The minimum absolute atomic E-state index is 0.0142. The van der Waals surface area contributed by atoms with E-state index in [4.69, 9.17) is 0 Å². The predicted molar refractivity (Wildman–Crippen MR) is 101 cm³/mol. The zero-order chi connectivity index (χ0) is 17.7. The van der Waals surface area contributed by atoms with E-state index < -0.39 is 0 Å². The predicted octanol–water partition coefficient (Wildman–Crippen LogP) is 3.23. The third-order valence-electron chi connectivity index (χ3n) is 5.35. The Morgan fingerprint density at radius 2 is 1.88 bits per heavy atom. The summed E-state index contributed by atoms with van der Waals surface area (Å²) in [7, 11) is 0. The van der Waals surface area contributed by atoms with Gasteiger partial charge in [0.25, 0.3) is 0 Å². The maximum atomic E-state index is 12.7. The van der Waals surface area contributed by atoms with Crippen molar-refractivity contribution < 1.29 is 5.11 Å². The van der Waals surface area contributed by atoms with Gasteiger partial charge in [-0.25, -0.2) is 0 Å². The van der Waals surface area contributed by atoms with Crippen LogP contribution in [0.2, 0.25) is 0 Å². The Labute approximate surface area is 149 Å². The number of pyridine rings is 1. The van der Waals surface area contributed by atoms with E-state index in [1.807, 2.05) is 12.1 Å². The molecule has 2 aromatic carbocycles. The molecule has 3 N–H and O–H groups in total. The number of aromatic amines is 2. The van der Waals surface area contributed by atoms with E-state index in [1.165, 1.54) is 10.8 Å². The van der Waals surface area contributed by atoms with E-state index in [0.717, 1.165) is 17.0 Å². The summed E-state index contributed by atoms with van der Waals surface area (Å²) in [5.41, 5.74) is 3.44. The molecule has 0 aliphatic heterocycles. The smallest absolute Gasteiger partial charge is 0.193 e. The molecule has 1 aliphatic rings. The van der Waals surface area contributed by atoms with Crippen LogP contribution in [-0.2, 0) is 6.42 Å². The summed E-state index contributed by atoms with van der Waals surface area (Å²) in [5, 5.41) is 19.8. The number of hydrogen-bond donors (Lipinski definition) is 3. The molecule has 0 unspecified atom stereocenters. The first-order chi connectivity index (χ1) is 12.7. The number of nitrogens with one attached hydrogen (secondary N) is 2. The molecule has 0 spiro atoms. The molecule has 5 nitrogen and oxygen atoms in total. The van der Waals surface area contributed by atoms with E-state index in [9.17, 15) is 9.90 Å². The summed E-state index contributed by atoms with van der Waals surface area (Å²) in [5.74, 6) is 0.197. The van der Waals surface area contributed by atoms with Crippen LogP contribution in [-0.4, -0.2) is 26.4 Å². The fourth-order valence-electron chi connectivity index (χ4n) is 3.90. The Morgan fingerprint density at radius 1 is 1.08 bits per heavy atom. The number of aromatic nitrogens is 3. The number of aliphatic hydroxyl groups is 1. The van der Waals surface area contributed by atoms with Crippen molar-refractivity contribution in [3.8, 4) is 0 Å². The van der Waals surface area contributed by atoms with Crippen LogP contribution in [0.4, 0.5) is 0 Å². The average Bonchev–Trinajstić information content (AvgIpc) is 3.03. The molecule has 1 saturated carbocycles. The van der Waals surface area contributed by atoms with Crippen molar-refractivity contribution in [2.75, 3.05) is 0 Å². The summed E-state index contributed by atoms with van der Waals surface area (Å²) in [4.78, 5) is 16.0. The molecule has 0 saturated heterocycles. The normalized spacial score (nSPS) is 19.7. The second-order valence-electron chi connectivity index (χ2n) is 7.20. The Balaban J connectivity index is 1.50. The standard InChI is InChI=1S/C21H19N3O2/c25-17-9-15(10-17)20-19-18(26)11-16(22-21(19)24-23-20)8-12-5-6-13-3-1-2-4-14(13)7-12/h1-7,11,15,17,25H,8-10H2,(H2,22,23,24,26)/t15-,17+. The van der Waals surface area contributed by atoms with E-state index in [-0.39, 0.29) is 17.5 Å². The zero-order valence-electron chi connectivity index (χ0n) is 14.2. The first kappa shape index (κ1) is 15.3. The Kier molecular flexibility index (Phi) is 3.43. The summed E-state index contributed by atoms with van der Waals surface area (Å²) < 4.78 is 0. The molecule has 26 heavy (non-hydrogen) atoms. The van der Waals surface area contributed by atoms with Crippen molar-refractivity contribution in [3.63, 3.8) is 0 Å². The first-order valence-corrected chi connectivity index (χ1v) is 8.93. The quantitative estimate of drug-likeness (QED) is 0.533. The number of nitrogens with zero attached hydrogens (tertiary/aromatic N) is 1. The lowest BCUT2D eigenvalue weighted by molar-refractivity contribution is 0.0736. The van der Waals surface area contributed by atoms with Gasteiger partial charge in [-0.15, -0.1) is 0 Å². The number of benzene rings is 2. The van der Waals surface area contributed by atoms with Gasteiger partial charge in [0.15, 0.2) is 11.1 Å². The molecule has 2 heterocycles. The van der Waals surface area contributed by atoms with Gasteiger partial charge in [0.05, 0.1) is 17.2 Å². The van der Waals surface area contributed by atoms with E-state index in [0.29, 0.717) is 30.3 Å². The SMILES string of the molecule is O=c1cc(Cc2ccc3ccccc3c2)[nH]c2n[nH]c([C@H]3C[C@@H](O)C3)c12. The highest BCUT2D eigenvalue weighted by Crippen LogP contribution is 2.37. The lowest BCUT2D eigenvalue weighted by Gasteiger charge is -2.30. The number of aliphatic hydroxyl groups excluding tert-OH is 1. The van der Waals surface area contributed by atoms with Crippen molar-refractivity contribution in [3.05, 3.63) is 75.7 Å². The zero-order valence-corrected chi connectivity index (χ0v) is 14.2. The Hall–Kier alpha value is -2.92. The molecule has 1 fully saturated rings. The van der Waals surface area contributed by atoms with Gasteiger partial charge in [0.1, 0.15) is 0 Å². The third-order valence-corrected chi connectivity index (χ3v) is 5.35. The molecular weight excluding hydrogens is 326 g/mol. The van der Waals surface area contributed by atoms with Crippen LogP contribution >= 0.6 is 0 Å². The van der Waals surface area contributed by atoms with Crippen molar-refractivity contribution in [1.29, 1.82) is 0 Å². The van der Waals surface area contributed by atoms with Crippen LogP contribution in [0.3, 0.4) is 0 Å². The number of rotatable bonds is 3. The molecular formula is C21H19N3O2. The van der Waals surface area contributed by atoms with Crippen LogP contribution in [0.5, 0.6) is 0 Å². The molecule has 4 aromatic rings. The minimum atomic E-state index is -0.260. The molecule has 0 radical (unpaired) electrons. The van der Waals surface area contributed by atoms with Crippen LogP contribution in [0.1, 0.15) is 35.7 Å². The topological polar surface area (TPSA) is 81.8 Å². The second kappa shape index (κ2) is 5.81. The molecule has 2 aromatic heterocycles. The lowest BCUT2D eigenvalue weighted by atomic mass is 9.79.